The van der Waals surface area contributed by atoms with E-state index in [1.807, 2.05) is 27.7 Å². The molecule has 1 saturated heterocycles. The number of aromatic nitrogens is 2. The number of likely N-dealkylation sites (tertiary alicyclic amines) is 1. The van der Waals surface area contributed by atoms with Gasteiger partial charge in [0.15, 0.2) is 0 Å². The van der Waals surface area contributed by atoms with Crippen molar-refractivity contribution in [3.05, 3.63) is 53.6 Å². The molecule has 1 unspecified atom stereocenters. The smallest absolute Gasteiger partial charge is 0.410 e. The number of hydrogen-bond donors (Lipinski definition) is 2. The Kier molecular flexibility index (Phi) is 13.6. The number of halogens is 1. The summed E-state index contributed by atoms with van der Waals surface area (Å²) in [5, 5.41) is 4.45. The first-order valence-electron chi connectivity index (χ1n) is 17.8. The van der Waals surface area contributed by atoms with Crippen LogP contribution in [0, 0.1) is 24.1 Å². The first-order chi connectivity index (χ1) is 24.6. The number of carbonyl (C=O) groups excluding carboxylic acids is 2. The van der Waals surface area contributed by atoms with Crippen LogP contribution in [0.4, 0.5) is 9.18 Å². The van der Waals surface area contributed by atoms with Crippen molar-refractivity contribution < 1.29 is 33.1 Å². The summed E-state index contributed by atoms with van der Waals surface area (Å²) in [4.78, 5) is 48.1. The number of rotatable bonds is 14. The SMILES string of the molecule is C#CC[C@@H]1C[C@@H](NOc2cc(O[C@@H](C)C(=C)C[C@@H](C)CC)nc(/C(N)=N/OC(=O)C3(c4c(F)cccc4P)CCC3)n2)CCN1C(=O)OC(C)(C)C. The summed E-state index contributed by atoms with van der Waals surface area (Å²) < 4.78 is 26.7. The number of nitrogens with zero attached hydrogens (tertiary/aromatic N) is 4. The molecule has 0 bridgehead atoms. The lowest BCUT2D eigenvalue weighted by molar-refractivity contribution is -0.154. The van der Waals surface area contributed by atoms with Crippen LogP contribution in [-0.4, -0.2) is 63.1 Å². The molecule has 1 saturated carbocycles. The second-order valence-electron chi connectivity index (χ2n) is 14.7. The van der Waals surface area contributed by atoms with Gasteiger partial charge in [-0.15, -0.1) is 21.6 Å². The van der Waals surface area contributed by atoms with E-state index >= 15 is 0 Å². The van der Waals surface area contributed by atoms with E-state index in [1.165, 1.54) is 12.1 Å². The van der Waals surface area contributed by atoms with Gasteiger partial charge in [-0.05, 0) is 82.7 Å². The molecule has 1 aliphatic heterocycles. The number of piperidine rings is 1. The number of hydrogen-bond acceptors (Lipinski definition) is 10. The number of amides is 1. The van der Waals surface area contributed by atoms with Crippen LogP contribution >= 0.6 is 9.24 Å². The van der Waals surface area contributed by atoms with Crippen LogP contribution in [0.25, 0.3) is 0 Å². The molecule has 1 aromatic heterocycles. The zero-order chi connectivity index (χ0) is 38.2. The van der Waals surface area contributed by atoms with E-state index in [-0.39, 0.29) is 41.1 Å². The molecular weight excluding hydrogens is 686 g/mol. The molecule has 1 aliphatic carbocycles. The van der Waals surface area contributed by atoms with Gasteiger partial charge in [0.2, 0.25) is 23.4 Å². The molecule has 0 spiro atoms. The highest BCUT2D eigenvalue weighted by molar-refractivity contribution is 7.27. The number of terminal acetylenes is 1. The molecule has 282 valence electrons. The van der Waals surface area contributed by atoms with Crippen LogP contribution in [0.2, 0.25) is 0 Å². The summed E-state index contributed by atoms with van der Waals surface area (Å²) in [5.74, 6) is 1.61. The van der Waals surface area contributed by atoms with Crippen LogP contribution < -0.4 is 26.1 Å². The summed E-state index contributed by atoms with van der Waals surface area (Å²) in [6, 6.07) is 5.66. The highest BCUT2D eigenvalue weighted by Crippen LogP contribution is 2.45. The first-order valence-corrected chi connectivity index (χ1v) is 18.3. The predicted molar refractivity (Wildman–Crippen MR) is 200 cm³/mol. The molecule has 2 aliphatic rings. The Morgan fingerprint density at radius 3 is 2.60 bits per heavy atom. The lowest BCUT2D eigenvalue weighted by Gasteiger charge is -2.39. The first kappa shape index (κ1) is 40.5. The van der Waals surface area contributed by atoms with Gasteiger partial charge in [-0.2, -0.15) is 15.4 Å². The van der Waals surface area contributed by atoms with Crippen LogP contribution in [0.5, 0.6) is 11.8 Å². The molecule has 5 atom stereocenters. The molecule has 2 aromatic rings. The van der Waals surface area contributed by atoms with E-state index in [2.05, 4.69) is 56.2 Å². The Balaban J connectivity index is 1.54. The molecule has 3 N–H and O–H groups in total. The van der Waals surface area contributed by atoms with Gasteiger partial charge in [-0.3, -0.25) is 0 Å². The Labute approximate surface area is 308 Å². The quantitative estimate of drug-likeness (QED) is 0.0461. The molecule has 14 heteroatoms. The average Bonchev–Trinajstić information content (AvgIpc) is 3.06. The number of oxime groups is 1. The van der Waals surface area contributed by atoms with E-state index in [0.29, 0.717) is 49.9 Å². The maximum atomic E-state index is 14.9. The van der Waals surface area contributed by atoms with Crippen molar-refractivity contribution in [2.75, 3.05) is 6.54 Å². The van der Waals surface area contributed by atoms with Gasteiger partial charge in [0, 0.05) is 30.6 Å². The van der Waals surface area contributed by atoms with Crippen molar-refractivity contribution in [3.63, 3.8) is 0 Å². The Morgan fingerprint density at radius 1 is 1.27 bits per heavy atom. The summed E-state index contributed by atoms with van der Waals surface area (Å²) in [6.07, 6.45) is 9.52. The second kappa shape index (κ2) is 17.5. The van der Waals surface area contributed by atoms with Crippen molar-refractivity contribution >= 4 is 32.4 Å². The van der Waals surface area contributed by atoms with Crippen molar-refractivity contribution in [1.82, 2.24) is 20.3 Å². The van der Waals surface area contributed by atoms with Crippen molar-refractivity contribution in [2.45, 2.75) is 122 Å². The van der Waals surface area contributed by atoms with Crippen LogP contribution in [-0.2, 0) is 19.8 Å². The van der Waals surface area contributed by atoms with Crippen LogP contribution in [0.3, 0.4) is 0 Å². The average molecular weight is 739 g/mol. The number of hydroxylamine groups is 1. The lowest BCUT2D eigenvalue weighted by atomic mass is 9.64. The zero-order valence-corrected chi connectivity index (χ0v) is 32.2. The van der Waals surface area contributed by atoms with E-state index in [4.69, 9.17) is 31.3 Å². The van der Waals surface area contributed by atoms with E-state index < -0.39 is 35.0 Å². The number of amidine groups is 1. The van der Waals surface area contributed by atoms with Gasteiger partial charge in [-0.25, -0.2) is 14.0 Å². The van der Waals surface area contributed by atoms with Crippen molar-refractivity contribution in [2.24, 2.45) is 16.8 Å². The molecule has 4 rings (SSSR count). The Bertz CT molecular complexity index is 1670. The van der Waals surface area contributed by atoms with Gasteiger partial charge < -0.3 is 29.8 Å². The number of carbonyl (C=O) groups is 2. The monoisotopic (exact) mass is 738 g/mol. The van der Waals surface area contributed by atoms with Crippen LogP contribution in [0.15, 0.2) is 41.6 Å². The third-order valence-corrected chi connectivity index (χ3v) is 9.95. The maximum absolute atomic E-state index is 14.9. The molecule has 1 aromatic carbocycles. The molecule has 0 radical (unpaired) electrons. The van der Waals surface area contributed by atoms with Gasteiger partial charge in [-0.1, -0.05) is 50.6 Å². The third-order valence-electron chi connectivity index (χ3n) is 9.46. The highest BCUT2D eigenvalue weighted by atomic mass is 31.0. The van der Waals surface area contributed by atoms with Gasteiger partial charge in [0.1, 0.15) is 17.5 Å². The molecular formula is C38H52FN6O6P. The summed E-state index contributed by atoms with van der Waals surface area (Å²) in [7, 11) is 2.48. The van der Waals surface area contributed by atoms with Gasteiger partial charge in [0.25, 0.3) is 0 Å². The summed E-state index contributed by atoms with van der Waals surface area (Å²) in [6.45, 7) is 16.2. The number of nitrogens with two attached hydrogens (primary N) is 1. The maximum Gasteiger partial charge on any atom is 0.410 e. The minimum absolute atomic E-state index is 0.0572. The highest BCUT2D eigenvalue weighted by Gasteiger charge is 2.50. The van der Waals surface area contributed by atoms with Crippen molar-refractivity contribution in [3.8, 4) is 24.1 Å². The minimum Gasteiger partial charge on any atom is -0.470 e. The van der Waals surface area contributed by atoms with E-state index in [0.717, 1.165) is 24.8 Å². The topological polar surface area (TPSA) is 150 Å². The molecule has 1 amide bonds. The standard InChI is InChI=1S/C38H52FN6O6P/c1-9-13-27-21-26(16-19-45(27)36(47)49-37(6,7)8)43-50-31-22-30(48-25(5)24(4)20-23(3)10-2)41-34(42-31)33(40)44-51-35(46)38(17-12-18-38)32-28(39)14-11-15-29(32)52/h1,11,14-15,22-23,25-27,43H,4,10,12-13,16-21,52H2,2-3,5-8H3,(H2,40,44)/t23-,25-,26-,27+/m0/s1. The Morgan fingerprint density at radius 2 is 1.98 bits per heavy atom. The predicted octanol–water partition coefficient (Wildman–Crippen LogP) is 5.84. The minimum atomic E-state index is -1.18. The van der Waals surface area contributed by atoms with E-state index in [1.54, 1.807) is 17.0 Å². The van der Waals surface area contributed by atoms with Crippen molar-refractivity contribution in [1.29, 1.82) is 0 Å². The largest absolute Gasteiger partial charge is 0.470 e. The zero-order valence-electron chi connectivity index (χ0n) is 31.0. The number of benzene rings is 1. The molecule has 2 fully saturated rings. The molecule has 12 nitrogen and oxygen atoms in total. The Hall–Kier alpha value is -4.27. The third kappa shape index (κ3) is 10.2. The number of nitrogens with one attached hydrogen (secondary N) is 1. The van der Waals surface area contributed by atoms with Gasteiger partial charge >= 0.3 is 12.1 Å². The fraction of sp³-hybridized carbons (Fsp3) is 0.553. The number of ether oxygens (including phenoxy) is 2. The van der Waals surface area contributed by atoms with Gasteiger partial charge in [0.05, 0.1) is 11.5 Å². The lowest BCUT2D eigenvalue weighted by Crippen LogP contribution is -2.52. The normalized spacial score (nSPS) is 19.8. The molecule has 52 heavy (non-hydrogen) atoms. The second-order valence-corrected chi connectivity index (χ2v) is 15.3. The van der Waals surface area contributed by atoms with E-state index in [9.17, 15) is 14.0 Å². The fourth-order valence-electron chi connectivity index (χ4n) is 6.20. The molecule has 2 heterocycles. The van der Waals surface area contributed by atoms with Crippen LogP contribution in [0.1, 0.15) is 104 Å². The fourth-order valence-corrected chi connectivity index (χ4v) is 6.72. The summed E-state index contributed by atoms with van der Waals surface area (Å²) >= 11 is 0. The summed E-state index contributed by atoms with van der Waals surface area (Å²) in [5.41, 5.74) is 8.65.